The van der Waals surface area contributed by atoms with Gasteiger partial charge in [-0.05, 0) is 6.42 Å². The van der Waals surface area contributed by atoms with E-state index in [1.54, 1.807) is 32.4 Å². The van der Waals surface area contributed by atoms with Gasteiger partial charge in [-0.25, -0.2) is 0 Å². The summed E-state index contributed by atoms with van der Waals surface area (Å²) in [5.41, 5.74) is 5.57. The number of hydrogen-bond donors (Lipinski definition) is 2. The molecule has 5 nitrogen and oxygen atoms in total. The van der Waals surface area contributed by atoms with E-state index in [2.05, 4.69) is 0 Å². The molecule has 0 aliphatic carbocycles. The van der Waals surface area contributed by atoms with Gasteiger partial charge in [-0.15, -0.1) is 0 Å². The average molecular weight is 241 g/mol. The third-order valence-electron chi connectivity index (χ3n) is 2.32. The van der Waals surface area contributed by atoms with Crippen LogP contribution in [0.3, 0.4) is 0 Å². The highest BCUT2D eigenvalue weighted by Crippen LogP contribution is 2.27. The van der Waals surface area contributed by atoms with Gasteiger partial charge < -0.3 is 25.1 Å². The predicted molar refractivity (Wildman–Crippen MR) is 64.7 cm³/mol. The van der Waals surface area contributed by atoms with Gasteiger partial charge in [0.15, 0.2) is 0 Å². The lowest BCUT2D eigenvalue weighted by Crippen LogP contribution is -2.26. The highest BCUT2D eigenvalue weighted by Gasteiger charge is 2.04. The Balaban J connectivity index is 2.57. The number of nitrogens with two attached hydrogens (primary N) is 1. The molecule has 0 saturated carbocycles. The van der Waals surface area contributed by atoms with Gasteiger partial charge >= 0.3 is 0 Å². The van der Waals surface area contributed by atoms with E-state index in [-0.39, 0.29) is 12.6 Å². The van der Waals surface area contributed by atoms with Crippen molar-refractivity contribution in [1.29, 1.82) is 0 Å². The third kappa shape index (κ3) is 4.50. The minimum Gasteiger partial charge on any atom is -0.496 e. The maximum atomic E-state index is 8.78. The molecule has 0 radical (unpaired) electrons. The molecule has 1 aromatic rings. The van der Waals surface area contributed by atoms with Crippen LogP contribution in [0.4, 0.5) is 0 Å². The SMILES string of the molecule is COc1cc(OC)cc(OCCC(N)CO)c1. The van der Waals surface area contributed by atoms with E-state index >= 15 is 0 Å². The van der Waals surface area contributed by atoms with E-state index in [1.165, 1.54) is 0 Å². The first kappa shape index (κ1) is 13.6. The molecule has 1 atom stereocenters. The summed E-state index contributed by atoms with van der Waals surface area (Å²) in [5.74, 6) is 2.00. The van der Waals surface area contributed by atoms with Crippen LogP contribution in [0, 0.1) is 0 Å². The van der Waals surface area contributed by atoms with Crippen LogP contribution in [0.2, 0.25) is 0 Å². The molecule has 5 heteroatoms. The number of aliphatic hydroxyl groups is 1. The van der Waals surface area contributed by atoms with Gasteiger partial charge in [0.2, 0.25) is 0 Å². The van der Waals surface area contributed by atoms with Crippen LogP contribution in [0.25, 0.3) is 0 Å². The van der Waals surface area contributed by atoms with E-state index in [0.717, 1.165) is 0 Å². The molecule has 0 bridgehead atoms. The molecule has 0 saturated heterocycles. The molecule has 1 rings (SSSR count). The zero-order chi connectivity index (χ0) is 12.7. The second kappa shape index (κ2) is 6.98. The van der Waals surface area contributed by atoms with Crippen LogP contribution in [-0.2, 0) is 0 Å². The van der Waals surface area contributed by atoms with E-state index in [9.17, 15) is 0 Å². The second-order valence-corrected chi connectivity index (χ2v) is 3.63. The number of hydrogen-bond acceptors (Lipinski definition) is 5. The minimum absolute atomic E-state index is 0.0369. The molecule has 0 aliphatic rings. The summed E-state index contributed by atoms with van der Waals surface area (Å²) < 4.78 is 15.8. The largest absolute Gasteiger partial charge is 0.496 e. The second-order valence-electron chi connectivity index (χ2n) is 3.63. The first-order valence-corrected chi connectivity index (χ1v) is 5.42. The Morgan fingerprint density at radius 1 is 1.12 bits per heavy atom. The standard InChI is InChI=1S/C12H19NO4/c1-15-10-5-11(16-2)7-12(6-10)17-4-3-9(13)8-14/h5-7,9,14H,3-4,8,13H2,1-2H3. The van der Waals surface area contributed by atoms with Gasteiger partial charge in [-0.2, -0.15) is 0 Å². The lowest BCUT2D eigenvalue weighted by molar-refractivity contribution is 0.229. The fraction of sp³-hybridized carbons (Fsp3) is 0.500. The highest BCUT2D eigenvalue weighted by atomic mass is 16.5. The molecule has 0 aromatic heterocycles. The van der Waals surface area contributed by atoms with Crippen molar-refractivity contribution in [3.8, 4) is 17.2 Å². The van der Waals surface area contributed by atoms with Crippen LogP contribution in [0.15, 0.2) is 18.2 Å². The Hall–Kier alpha value is -1.46. The van der Waals surface area contributed by atoms with Crippen molar-refractivity contribution < 1.29 is 19.3 Å². The van der Waals surface area contributed by atoms with Crippen molar-refractivity contribution in [2.75, 3.05) is 27.4 Å². The fourth-order valence-electron chi connectivity index (χ4n) is 1.28. The van der Waals surface area contributed by atoms with E-state index in [4.69, 9.17) is 25.1 Å². The predicted octanol–water partition coefficient (Wildman–Crippen LogP) is 0.792. The first-order chi connectivity index (χ1) is 8.19. The molecule has 0 fully saturated rings. The number of ether oxygens (including phenoxy) is 3. The maximum Gasteiger partial charge on any atom is 0.126 e. The first-order valence-electron chi connectivity index (χ1n) is 5.42. The molecule has 3 N–H and O–H groups in total. The van der Waals surface area contributed by atoms with Gasteiger partial charge in [0.25, 0.3) is 0 Å². The van der Waals surface area contributed by atoms with Gasteiger partial charge in [0.05, 0.1) is 27.4 Å². The molecular formula is C12H19NO4. The van der Waals surface area contributed by atoms with E-state index in [0.29, 0.717) is 30.3 Å². The van der Waals surface area contributed by atoms with Gasteiger partial charge in [-0.3, -0.25) is 0 Å². The Labute approximate surface area is 101 Å². The Morgan fingerprint density at radius 3 is 2.12 bits per heavy atom. The number of rotatable bonds is 7. The van der Waals surface area contributed by atoms with Gasteiger partial charge in [-0.1, -0.05) is 0 Å². The molecule has 0 aliphatic heterocycles. The molecule has 17 heavy (non-hydrogen) atoms. The van der Waals surface area contributed by atoms with Crippen LogP contribution >= 0.6 is 0 Å². The van der Waals surface area contributed by atoms with Crippen LogP contribution in [0.5, 0.6) is 17.2 Å². The molecule has 0 spiro atoms. The lowest BCUT2D eigenvalue weighted by Gasteiger charge is -2.12. The summed E-state index contributed by atoms with van der Waals surface area (Å²) in [6, 6.07) is 5.06. The van der Waals surface area contributed by atoms with E-state index in [1.807, 2.05) is 0 Å². The fourth-order valence-corrected chi connectivity index (χ4v) is 1.28. The maximum absolute atomic E-state index is 8.78. The van der Waals surface area contributed by atoms with Gasteiger partial charge in [0.1, 0.15) is 17.2 Å². The molecule has 1 aromatic carbocycles. The molecule has 1 unspecified atom stereocenters. The number of methoxy groups -OCH3 is 2. The average Bonchev–Trinajstić information content (AvgIpc) is 2.37. The quantitative estimate of drug-likeness (QED) is 0.738. The van der Waals surface area contributed by atoms with Crippen molar-refractivity contribution in [2.24, 2.45) is 5.73 Å². The van der Waals surface area contributed by atoms with Crippen molar-refractivity contribution in [3.05, 3.63) is 18.2 Å². The Kier molecular flexibility index (Phi) is 5.59. The summed E-state index contributed by atoms with van der Waals surface area (Å²) in [6.45, 7) is 0.406. The molecule has 96 valence electrons. The van der Waals surface area contributed by atoms with Gasteiger partial charge in [0, 0.05) is 24.2 Å². The van der Waals surface area contributed by atoms with Crippen LogP contribution in [0.1, 0.15) is 6.42 Å². The highest BCUT2D eigenvalue weighted by molar-refractivity contribution is 5.41. The van der Waals surface area contributed by atoms with Crippen molar-refractivity contribution in [1.82, 2.24) is 0 Å². The van der Waals surface area contributed by atoms with Crippen molar-refractivity contribution >= 4 is 0 Å². The molecule has 0 heterocycles. The number of aliphatic hydroxyl groups excluding tert-OH is 1. The summed E-state index contributed by atoms with van der Waals surface area (Å²) in [6.07, 6.45) is 0.593. The van der Waals surface area contributed by atoms with Crippen molar-refractivity contribution in [3.63, 3.8) is 0 Å². The topological polar surface area (TPSA) is 73.9 Å². The zero-order valence-corrected chi connectivity index (χ0v) is 10.2. The summed E-state index contributed by atoms with van der Waals surface area (Å²) in [5, 5.41) is 8.78. The zero-order valence-electron chi connectivity index (χ0n) is 10.2. The summed E-state index contributed by atoms with van der Waals surface area (Å²) in [7, 11) is 3.17. The third-order valence-corrected chi connectivity index (χ3v) is 2.32. The Bertz CT molecular complexity index is 321. The van der Waals surface area contributed by atoms with Crippen LogP contribution in [-0.4, -0.2) is 38.6 Å². The number of benzene rings is 1. The normalized spacial score (nSPS) is 12.0. The van der Waals surface area contributed by atoms with Crippen LogP contribution < -0.4 is 19.9 Å². The van der Waals surface area contributed by atoms with Crippen molar-refractivity contribution in [2.45, 2.75) is 12.5 Å². The lowest BCUT2D eigenvalue weighted by atomic mass is 10.2. The summed E-state index contributed by atoms with van der Waals surface area (Å²) >= 11 is 0. The minimum atomic E-state index is -0.248. The smallest absolute Gasteiger partial charge is 0.126 e. The monoisotopic (exact) mass is 241 g/mol. The molecular weight excluding hydrogens is 222 g/mol. The Morgan fingerprint density at radius 2 is 1.65 bits per heavy atom. The molecule has 0 amide bonds. The summed E-state index contributed by atoms with van der Waals surface area (Å²) in [4.78, 5) is 0. The van der Waals surface area contributed by atoms with E-state index < -0.39 is 0 Å².